The first kappa shape index (κ1) is 18.4. The molecule has 8 heteroatoms. The van der Waals surface area contributed by atoms with Crippen LogP contribution in [0.5, 0.6) is 0 Å². The van der Waals surface area contributed by atoms with Crippen LogP contribution in [0, 0.1) is 10.1 Å². The molecule has 0 N–H and O–H groups in total. The van der Waals surface area contributed by atoms with Gasteiger partial charge in [0.05, 0.1) is 23.2 Å². The molecule has 0 amide bonds. The zero-order valence-corrected chi connectivity index (χ0v) is 14.1. The molecule has 0 radical (unpaired) electrons. The van der Waals surface area contributed by atoms with Gasteiger partial charge >= 0.3 is 11.9 Å². The highest BCUT2D eigenvalue weighted by Crippen LogP contribution is 2.27. The minimum atomic E-state index is -0.818. The van der Waals surface area contributed by atoms with Crippen molar-refractivity contribution in [2.24, 2.45) is 0 Å². The summed E-state index contributed by atoms with van der Waals surface area (Å²) in [4.78, 5) is 34.3. The molecular formula is C17H14ClNO6. The van der Waals surface area contributed by atoms with E-state index in [4.69, 9.17) is 16.3 Å². The van der Waals surface area contributed by atoms with Crippen molar-refractivity contribution in [3.8, 4) is 0 Å². The van der Waals surface area contributed by atoms with Crippen molar-refractivity contribution in [3.05, 3.63) is 74.3 Å². The van der Waals surface area contributed by atoms with E-state index in [9.17, 15) is 19.7 Å². The standard InChI is InChI=1S/C17H14ClNO6/c1-10(14-5-3-4-6-15(14)18)25-17(21)12-7-11(16(20)24-2)8-13(9-12)19(22)23/h3-10H,1-2H3/t10-/m0/s1. The smallest absolute Gasteiger partial charge is 0.339 e. The van der Waals surface area contributed by atoms with E-state index in [0.29, 0.717) is 10.6 Å². The number of rotatable bonds is 5. The van der Waals surface area contributed by atoms with Gasteiger partial charge < -0.3 is 9.47 Å². The molecule has 0 spiro atoms. The summed E-state index contributed by atoms with van der Waals surface area (Å²) in [5, 5.41) is 11.4. The number of nitrogens with zero attached hydrogens (tertiary/aromatic N) is 1. The van der Waals surface area contributed by atoms with Crippen LogP contribution in [0.1, 0.15) is 39.3 Å². The van der Waals surface area contributed by atoms with Crippen molar-refractivity contribution in [2.75, 3.05) is 7.11 Å². The van der Waals surface area contributed by atoms with Crippen LogP contribution in [-0.4, -0.2) is 24.0 Å². The van der Waals surface area contributed by atoms with Crippen molar-refractivity contribution in [1.82, 2.24) is 0 Å². The van der Waals surface area contributed by atoms with Crippen molar-refractivity contribution in [3.63, 3.8) is 0 Å². The monoisotopic (exact) mass is 363 g/mol. The minimum Gasteiger partial charge on any atom is -0.465 e. The van der Waals surface area contributed by atoms with E-state index in [1.54, 1.807) is 31.2 Å². The lowest BCUT2D eigenvalue weighted by Crippen LogP contribution is -2.12. The molecule has 2 aromatic rings. The molecule has 0 unspecified atom stereocenters. The Morgan fingerprint density at radius 3 is 2.28 bits per heavy atom. The van der Waals surface area contributed by atoms with Gasteiger partial charge in [-0.3, -0.25) is 10.1 Å². The van der Waals surface area contributed by atoms with Gasteiger partial charge in [0.15, 0.2) is 0 Å². The summed E-state index contributed by atoms with van der Waals surface area (Å²) in [6, 6.07) is 10.1. The number of carbonyl (C=O) groups excluding carboxylic acids is 2. The number of methoxy groups -OCH3 is 1. The molecule has 0 saturated carbocycles. The van der Waals surface area contributed by atoms with Crippen LogP contribution in [0.15, 0.2) is 42.5 Å². The number of halogens is 1. The third-order valence-corrected chi connectivity index (χ3v) is 3.76. The summed E-state index contributed by atoms with van der Waals surface area (Å²) in [6.07, 6.45) is -0.679. The maximum Gasteiger partial charge on any atom is 0.339 e. The molecule has 2 aromatic carbocycles. The largest absolute Gasteiger partial charge is 0.465 e. The fourth-order valence-electron chi connectivity index (χ4n) is 2.17. The molecule has 0 aliphatic carbocycles. The number of carbonyl (C=O) groups is 2. The Bertz CT molecular complexity index is 836. The van der Waals surface area contributed by atoms with Crippen LogP contribution in [0.3, 0.4) is 0 Å². The van der Waals surface area contributed by atoms with Crippen LogP contribution < -0.4 is 0 Å². The molecular weight excluding hydrogens is 350 g/mol. The summed E-state index contributed by atoms with van der Waals surface area (Å²) in [5.41, 5.74) is -0.0704. The van der Waals surface area contributed by atoms with Gasteiger partial charge in [0.1, 0.15) is 6.10 Å². The van der Waals surface area contributed by atoms with Gasteiger partial charge in [0.2, 0.25) is 0 Å². The van der Waals surface area contributed by atoms with Gasteiger partial charge in [-0.1, -0.05) is 29.8 Å². The number of ether oxygens (including phenoxy) is 2. The topological polar surface area (TPSA) is 95.7 Å². The summed E-state index contributed by atoms with van der Waals surface area (Å²) in [7, 11) is 1.14. The highest BCUT2D eigenvalue weighted by molar-refractivity contribution is 6.31. The quantitative estimate of drug-likeness (QED) is 0.453. The van der Waals surface area contributed by atoms with Gasteiger partial charge in [-0.05, 0) is 19.1 Å². The molecule has 0 aliphatic heterocycles. The molecule has 0 aromatic heterocycles. The van der Waals surface area contributed by atoms with Gasteiger partial charge in [-0.2, -0.15) is 0 Å². The van der Waals surface area contributed by atoms with Crippen LogP contribution in [0.2, 0.25) is 5.02 Å². The SMILES string of the molecule is COC(=O)c1cc(C(=O)O[C@@H](C)c2ccccc2Cl)cc([N+](=O)[O-])c1. The zero-order chi connectivity index (χ0) is 18.6. The van der Waals surface area contributed by atoms with E-state index >= 15 is 0 Å². The predicted molar refractivity (Wildman–Crippen MR) is 89.7 cm³/mol. The Balaban J connectivity index is 2.32. The number of hydrogen-bond donors (Lipinski definition) is 0. The third kappa shape index (κ3) is 4.33. The average Bonchev–Trinajstić information content (AvgIpc) is 2.60. The lowest BCUT2D eigenvalue weighted by molar-refractivity contribution is -0.384. The van der Waals surface area contributed by atoms with E-state index in [-0.39, 0.29) is 11.1 Å². The molecule has 1 atom stereocenters. The Morgan fingerprint density at radius 1 is 1.12 bits per heavy atom. The Morgan fingerprint density at radius 2 is 1.72 bits per heavy atom. The fourth-order valence-corrected chi connectivity index (χ4v) is 2.46. The second-order valence-corrected chi connectivity index (χ2v) is 5.49. The molecule has 25 heavy (non-hydrogen) atoms. The molecule has 0 saturated heterocycles. The molecule has 0 bridgehead atoms. The number of esters is 2. The number of non-ortho nitro benzene ring substituents is 1. The van der Waals surface area contributed by atoms with E-state index in [1.807, 2.05) is 0 Å². The van der Waals surface area contributed by atoms with E-state index in [1.165, 1.54) is 6.07 Å². The molecule has 0 heterocycles. The van der Waals surface area contributed by atoms with Gasteiger partial charge in [0, 0.05) is 22.7 Å². The van der Waals surface area contributed by atoms with Crippen molar-refractivity contribution in [2.45, 2.75) is 13.0 Å². The number of benzene rings is 2. The molecule has 130 valence electrons. The lowest BCUT2D eigenvalue weighted by Gasteiger charge is -2.15. The van der Waals surface area contributed by atoms with Crippen LogP contribution in [0.25, 0.3) is 0 Å². The van der Waals surface area contributed by atoms with Crippen molar-refractivity contribution in [1.29, 1.82) is 0 Å². The Labute approximate surface area is 148 Å². The Kier molecular flexibility index (Phi) is 5.71. The van der Waals surface area contributed by atoms with Crippen LogP contribution in [-0.2, 0) is 9.47 Å². The van der Waals surface area contributed by atoms with Gasteiger partial charge in [-0.15, -0.1) is 0 Å². The first-order valence-corrected chi connectivity index (χ1v) is 7.54. The molecule has 0 aliphatic rings. The second kappa shape index (κ2) is 7.76. The number of hydrogen-bond acceptors (Lipinski definition) is 6. The summed E-state index contributed by atoms with van der Waals surface area (Å²) in [5.74, 6) is -1.61. The fraction of sp³-hybridized carbons (Fsp3) is 0.176. The first-order valence-electron chi connectivity index (χ1n) is 7.16. The maximum atomic E-state index is 12.3. The minimum absolute atomic E-state index is 0.117. The lowest BCUT2D eigenvalue weighted by atomic mass is 10.1. The molecule has 7 nitrogen and oxygen atoms in total. The van der Waals surface area contributed by atoms with Crippen molar-refractivity contribution >= 4 is 29.2 Å². The highest BCUT2D eigenvalue weighted by Gasteiger charge is 2.21. The molecule has 0 fully saturated rings. The molecule has 2 rings (SSSR count). The van der Waals surface area contributed by atoms with Crippen LogP contribution in [0.4, 0.5) is 5.69 Å². The maximum absolute atomic E-state index is 12.3. The average molecular weight is 364 g/mol. The predicted octanol–water partition coefficient (Wildman–Crippen LogP) is 3.95. The third-order valence-electron chi connectivity index (χ3n) is 3.41. The number of nitro groups is 1. The summed E-state index contributed by atoms with van der Waals surface area (Å²) < 4.78 is 9.85. The normalized spacial score (nSPS) is 11.5. The summed E-state index contributed by atoms with van der Waals surface area (Å²) >= 11 is 6.06. The Hall–Kier alpha value is -2.93. The van der Waals surface area contributed by atoms with E-state index < -0.39 is 28.7 Å². The first-order chi connectivity index (χ1) is 11.8. The zero-order valence-electron chi connectivity index (χ0n) is 13.4. The van der Waals surface area contributed by atoms with Crippen molar-refractivity contribution < 1.29 is 24.0 Å². The van der Waals surface area contributed by atoms with E-state index in [2.05, 4.69) is 4.74 Å². The summed E-state index contributed by atoms with van der Waals surface area (Å²) in [6.45, 7) is 1.62. The van der Waals surface area contributed by atoms with Crippen LogP contribution >= 0.6 is 11.6 Å². The highest BCUT2D eigenvalue weighted by atomic mass is 35.5. The second-order valence-electron chi connectivity index (χ2n) is 5.09. The number of nitro benzene ring substituents is 1. The van der Waals surface area contributed by atoms with Gasteiger partial charge in [-0.25, -0.2) is 9.59 Å². The van der Waals surface area contributed by atoms with E-state index in [0.717, 1.165) is 19.2 Å². The van der Waals surface area contributed by atoms with Gasteiger partial charge in [0.25, 0.3) is 5.69 Å².